The molecule has 1 heterocycles. The van der Waals surface area contributed by atoms with Gasteiger partial charge < -0.3 is 5.32 Å². The highest BCUT2D eigenvalue weighted by Crippen LogP contribution is 2.16. The highest BCUT2D eigenvalue weighted by Gasteiger charge is 2.21. The summed E-state index contributed by atoms with van der Waals surface area (Å²) in [6.45, 7) is 6.80. The van der Waals surface area contributed by atoms with Crippen LogP contribution < -0.4 is 5.32 Å². The molecule has 1 aromatic carbocycles. The second-order valence-electron chi connectivity index (χ2n) is 4.69. The summed E-state index contributed by atoms with van der Waals surface area (Å²) in [7, 11) is 0. The van der Waals surface area contributed by atoms with Gasteiger partial charge in [-0.15, -0.1) is 0 Å². The van der Waals surface area contributed by atoms with E-state index in [0.29, 0.717) is 0 Å². The Labute approximate surface area is 113 Å². The van der Waals surface area contributed by atoms with Crippen molar-refractivity contribution in [1.29, 1.82) is 0 Å². The van der Waals surface area contributed by atoms with Gasteiger partial charge in [-0.25, -0.2) is 0 Å². The zero-order chi connectivity index (χ0) is 12.1. The predicted molar refractivity (Wildman–Crippen MR) is 76.1 cm³/mol. The molecule has 1 saturated heterocycles. The number of nitrogens with one attached hydrogen (secondary N) is 1. The van der Waals surface area contributed by atoms with Gasteiger partial charge in [0.25, 0.3) is 0 Å². The lowest BCUT2D eigenvalue weighted by atomic mass is 10.2. The monoisotopic (exact) mass is 296 g/mol. The number of halogens is 1. The zero-order valence-corrected chi connectivity index (χ0v) is 12.0. The van der Waals surface area contributed by atoms with E-state index in [4.69, 9.17) is 0 Å². The third kappa shape index (κ3) is 3.80. The molecule has 0 bridgehead atoms. The molecule has 0 spiro atoms. The summed E-state index contributed by atoms with van der Waals surface area (Å²) in [5, 5.41) is 3.57. The molecule has 17 heavy (non-hydrogen) atoms. The molecule has 0 radical (unpaired) electrons. The van der Waals surface area contributed by atoms with Crippen LogP contribution in [0.2, 0.25) is 0 Å². The number of hydrogen-bond donors (Lipinski definition) is 1. The Bertz CT molecular complexity index is 354. The van der Waals surface area contributed by atoms with Gasteiger partial charge in [0.05, 0.1) is 0 Å². The third-order valence-electron chi connectivity index (χ3n) is 3.50. The molecule has 1 aromatic rings. The molecule has 1 atom stereocenters. The van der Waals surface area contributed by atoms with Gasteiger partial charge in [0.1, 0.15) is 0 Å². The van der Waals surface area contributed by atoms with Crippen molar-refractivity contribution in [3.63, 3.8) is 0 Å². The first kappa shape index (κ1) is 13.1. The third-order valence-corrected chi connectivity index (χ3v) is 4.00. The van der Waals surface area contributed by atoms with Crippen LogP contribution in [0.5, 0.6) is 0 Å². The quantitative estimate of drug-likeness (QED) is 0.898. The number of nitrogens with zero attached hydrogens (tertiary/aromatic N) is 1. The summed E-state index contributed by atoms with van der Waals surface area (Å²) in [5.74, 6) is 0. The van der Waals surface area contributed by atoms with Crippen molar-refractivity contribution in [2.45, 2.75) is 32.4 Å². The summed E-state index contributed by atoms with van der Waals surface area (Å²) < 4.78 is 1.16. The Balaban J connectivity index is 1.76. The molecule has 0 unspecified atom stereocenters. The topological polar surface area (TPSA) is 15.3 Å². The van der Waals surface area contributed by atoms with E-state index in [1.54, 1.807) is 0 Å². The summed E-state index contributed by atoms with van der Waals surface area (Å²) >= 11 is 3.51. The van der Waals surface area contributed by atoms with E-state index in [-0.39, 0.29) is 0 Å². The fourth-order valence-electron chi connectivity index (χ4n) is 2.57. The fraction of sp³-hybridized carbons (Fsp3) is 0.571. The van der Waals surface area contributed by atoms with Crippen molar-refractivity contribution in [3.8, 4) is 0 Å². The van der Waals surface area contributed by atoms with Gasteiger partial charge in [0.2, 0.25) is 0 Å². The fourth-order valence-corrected chi connectivity index (χ4v) is 3.02. The maximum absolute atomic E-state index is 3.57. The first-order chi connectivity index (χ1) is 8.29. The predicted octanol–water partition coefficient (Wildman–Crippen LogP) is 3.02. The minimum Gasteiger partial charge on any atom is -0.311 e. The zero-order valence-electron chi connectivity index (χ0n) is 10.5. The molecule has 1 aliphatic heterocycles. The van der Waals surface area contributed by atoms with Crippen LogP contribution in [0.1, 0.15) is 25.3 Å². The lowest BCUT2D eigenvalue weighted by Gasteiger charge is -2.23. The highest BCUT2D eigenvalue weighted by atomic mass is 79.9. The second kappa shape index (κ2) is 6.53. The van der Waals surface area contributed by atoms with Gasteiger partial charge in [-0.2, -0.15) is 0 Å². The van der Waals surface area contributed by atoms with Crippen molar-refractivity contribution in [1.82, 2.24) is 10.2 Å². The highest BCUT2D eigenvalue weighted by molar-refractivity contribution is 9.10. The molecular weight excluding hydrogens is 276 g/mol. The van der Waals surface area contributed by atoms with Crippen molar-refractivity contribution < 1.29 is 0 Å². The number of likely N-dealkylation sites (N-methyl/N-ethyl adjacent to an activating group) is 1. The largest absolute Gasteiger partial charge is 0.311 e. The molecule has 0 saturated carbocycles. The van der Waals surface area contributed by atoms with Gasteiger partial charge in [-0.1, -0.05) is 35.0 Å². The standard InChI is InChI=1S/C14H21BrN2/c1-2-17-8-4-7-14(17)11-16-10-12-5-3-6-13(15)9-12/h3,5-6,9,14,16H,2,4,7-8,10-11H2,1H3/t14-/m1/s1. The smallest absolute Gasteiger partial charge is 0.0221 e. The van der Waals surface area contributed by atoms with Crippen LogP contribution in [0.4, 0.5) is 0 Å². The molecule has 3 heteroatoms. The van der Waals surface area contributed by atoms with E-state index in [2.05, 4.69) is 57.3 Å². The SMILES string of the molecule is CCN1CCC[C@@H]1CNCc1cccc(Br)c1. The maximum atomic E-state index is 3.57. The number of likely N-dealkylation sites (tertiary alicyclic amines) is 1. The summed E-state index contributed by atoms with van der Waals surface area (Å²) in [4.78, 5) is 2.58. The van der Waals surface area contributed by atoms with Crippen LogP contribution in [-0.2, 0) is 6.54 Å². The van der Waals surface area contributed by atoms with E-state index in [9.17, 15) is 0 Å². The molecule has 0 aliphatic carbocycles. The lowest BCUT2D eigenvalue weighted by molar-refractivity contribution is 0.260. The van der Waals surface area contributed by atoms with Crippen molar-refractivity contribution in [3.05, 3.63) is 34.3 Å². The Morgan fingerprint density at radius 1 is 1.47 bits per heavy atom. The molecule has 0 aromatic heterocycles. The van der Waals surface area contributed by atoms with Gasteiger partial charge in [0, 0.05) is 23.6 Å². The van der Waals surface area contributed by atoms with E-state index in [0.717, 1.165) is 23.6 Å². The van der Waals surface area contributed by atoms with E-state index in [1.807, 2.05) is 0 Å². The normalized spacial score (nSPS) is 20.9. The van der Waals surface area contributed by atoms with Crippen LogP contribution in [0.15, 0.2) is 28.7 Å². The van der Waals surface area contributed by atoms with Crippen molar-refractivity contribution in [2.75, 3.05) is 19.6 Å². The first-order valence-electron chi connectivity index (χ1n) is 6.49. The molecule has 2 rings (SSSR count). The number of hydrogen-bond acceptors (Lipinski definition) is 2. The minimum atomic E-state index is 0.743. The first-order valence-corrected chi connectivity index (χ1v) is 7.28. The van der Waals surface area contributed by atoms with Crippen molar-refractivity contribution in [2.24, 2.45) is 0 Å². The Hall–Kier alpha value is -0.380. The van der Waals surface area contributed by atoms with Crippen LogP contribution >= 0.6 is 15.9 Å². The Kier molecular flexibility index (Phi) is 5.01. The van der Waals surface area contributed by atoms with Gasteiger partial charge in [-0.05, 0) is 43.6 Å². The molecule has 94 valence electrons. The van der Waals surface area contributed by atoms with Crippen LogP contribution in [-0.4, -0.2) is 30.6 Å². The number of benzene rings is 1. The molecule has 0 amide bonds. The molecule has 1 aliphatic rings. The molecule has 2 nitrogen and oxygen atoms in total. The van der Waals surface area contributed by atoms with Crippen molar-refractivity contribution >= 4 is 15.9 Å². The molecule has 1 fully saturated rings. The maximum Gasteiger partial charge on any atom is 0.0221 e. The van der Waals surface area contributed by atoms with E-state index >= 15 is 0 Å². The van der Waals surface area contributed by atoms with E-state index < -0.39 is 0 Å². The van der Waals surface area contributed by atoms with Gasteiger partial charge in [0.15, 0.2) is 0 Å². The van der Waals surface area contributed by atoms with Gasteiger partial charge >= 0.3 is 0 Å². The van der Waals surface area contributed by atoms with E-state index in [1.165, 1.54) is 31.5 Å². The molecule has 1 N–H and O–H groups in total. The van der Waals surface area contributed by atoms with Crippen LogP contribution in [0, 0.1) is 0 Å². The molecular formula is C14H21BrN2. The van der Waals surface area contributed by atoms with Gasteiger partial charge in [-0.3, -0.25) is 4.90 Å². The summed E-state index contributed by atoms with van der Waals surface area (Å²) in [6.07, 6.45) is 2.70. The van der Waals surface area contributed by atoms with Crippen LogP contribution in [0.25, 0.3) is 0 Å². The Morgan fingerprint density at radius 3 is 3.12 bits per heavy atom. The second-order valence-corrected chi connectivity index (χ2v) is 5.60. The summed E-state index contributed by atoms with van der Waals surface area (Å²) in [6, 6.07) is 9.25. The minimum absolute atomic E-state index is 0.743. The van der Waals surface area contributed by atoms with Crippen LogP contribution in [0.3, 0.4) is 0 Å². The summed E-state index contributed by atoms with van der Waals surface area (Å²) in [5.41, 5.74) is 1.35. The lowest BCUT2D eigenvalue weighted by Crippen LogP contribution is -2.37. The average molecular weight is 297 g/mol. The number of rotatable bonds is 5. The average Bonchev–Trinajstić information content (AvgIpc) is 2.77. The Morgan fingerprint density at radius 2 is 2.35 bits per heavy atom.